The van der Waals surface area contributed by atoms with Crippen molar-refractivity contribution in [2.45, 2.75) is 0 Å². The second kappa shape index (κ2) is 12.6. The van der Waals surface area contributed by atoms with Crippen molar-refractivity contribution < 1.29 is 4.42 Å². The summed E-state index contributed by atoms with van der Waals surface area (Å²) in [7, 11) is 0. The smallest absolute Gasteiger partial charge is 0.164 e. The number of aromatic nitrogens is 4. The van der Waals surface area contributed by atoms with Crippen LogP contribution in [0.15, 0.2) is 186 Å². The van der Waals surface area contributed by atoms with E-state index in [1.165, 1.54) is 36.5 Å². The van der Waals surface area contributed by atoms with Gasteiger partial charge < -0.3 is 8.98 Å². The first-order valence-corrected chi connectivity index (χ1v) is 19.8. The molecular formula is C51H30N4OS. The Bertz CT molecular complexity index is 3530. The van der Waals surface area contributed by atoms with Gasteiger partial charge in [-0.05, 0) is 71.8 Å². The van der Waals surface area contributed by atoms with Gasteiger partial charge in [0.1, 0.15) is 11.2 Å². The monoisotopic (exact) mass is 746 g/mol. The molecule has 0 saturated carbocycles. The largest absolute Gasteiger partial charge is 0.456 e. The molecule has 266 valence electrons. The predicted molar refractivity (Wildman–Crippen MR) is 236 cm³/mol. The van der Waals surface area contributed by atoms with Crippen LogP contribution in [-0.4, -0.2) is 19.5 Å². The Hall–Kier alpha value is -7.41. The molecule has 57 heavy (non-hydrogen) atoms. The van der Waals surface area contributed by atoms with Gasteiger partial charge in [-0.1, -0.05) is 121 Å². The number of benzene rings is 8. The lowest BCUT2D eigenvalue weighted by Crippen LogP contribution is -2.00. The number of furan rings is 1. The maximum absolute atomic E-state index is 6.63. The number of thiophene rings is 1. The summed E-state index contributed by atoms with van der Waals surface area (Å²) in [5.41, 5.74) is 9.95. The first-order valence-electron chi connectivity index (χ1n) is 19.0. The van der Waals surface area contributed by atoms with E-state index in [0.717, 1.165) is 61.0 Å². The second-order valence-corrected chi connectivity index (χ2v) is 15.5. The van der Waals surface area contributed by atoms with Crippen LogP contribution in [0.4, 0.5) is 0 Å². The SMILES string of the molecule is c1ccc(-c2nc(-c3cc(-c4ccc5c(c4)c4ccccc4n5-c4ccccc4)c4c(c3)oc3ccccc34)nc(-c3ccc4c(c3)sc3ccccc34)n2)cc1. The average molecular weight is 747 g/mol. The maximum atomic E-state index is 6.63. The lowest BCUT2D eigenvalue weighted by Gasteiger charge is -2.11. The van der Waals surface area contributed by atoms with Gasteiger partial charge in [0.25, 0.3) is 0 Å². The van der Waals surface area contributed by atoms with E-state index in [4.69, 9.17) is 19.4 Å². The van der Waals surface area contributed by atoms with Crippen molar-refractivity contribution in [2.75, 3.05) is 0 Å². The fourth-order valence-electron chi connectivity index (χ4n) is 8.42. The van der Waals surface area contributed by atoms with Gasteiger partial charge in [0, 0.05) is 64.1 Å². The summed E-state index contributed by atoms with van der Waals surface area (Å²) in [5, 5.41) is 7.02. The van der Waals surface area contributed by atoms with Crippen LogP contribution >= 0.6 is 11.3 Å². The van der Waals surface area contributed by atoms with Crippen LogP contribution < -0.4 is 0 Å². The van der Waals surface area contributed by atoms with Crippen LogP contribution in [0.25, 0.3) is 115 Å². The first kappa shape index (κ1) is 31.9. The molecule has 6 heteroatoms. The molecule has 0 saturated heterocycles. The normalized spacial score (nSPS) is 11.9. The van der Waals surface area contributed by atoms with Crippen molar-refractivity contribution in [2.24, 2.45) is 0 Å². The number of hydrogen-bond acceptors (Lipinski definition) is 5. The molecule has 0 unspecified atom stereocenters. The third-order valence-corrected chi connectivity index (χ3v) is 12.2. The molecule has 8 aromatic carbocycles. The Kier molecular flexibility index (Phi) is 7.03. The van der Waals surface area contributed by atoms with Crippen LogP contribution in [-0.2, 0) is 0 Å². The van der Waals surface area contributed by atoms with Crippen molar-refractivity contribution in [3.05, 3.63) is 182 Å². The molecule has 4 heterocycles. The topological polar surface area (TPSA) is 56.7 Å². The Morgan fingerprint density at radius 1 is 0.386 bits per heavy atom. The van der Waals surface area contributed by atoms with Crippen molar-refractivity contribution in [1.82, 2.24) is 19.5 Å². The number of fused-ring (bicyclic) bond motifs is 9. The minimum absolute atomic E-state index is 0.584. The summed E-state index contributed by atoms with van der Waals surface area (Å²) in [6, 6.07) is 63.8. The molecule has 0 atom stereocenters. The fraction of sp³-hybridized carbons (Fsp3) is 0. The number of rotatable bonds is 5. The fourth-order valence-corrected chi connectivity index (χ4v) is 9.57. The first-order chi connectivity index (χ1) is 28.2. The van der Waals surface area contributed by atoms with E-state index < -0.39 is 0 Å². The van der Waals surface area contributed by atoms with Crippen molar-refractivity contribution >= 4 is 75.3 Å². The average Bonchev–Trinajstić information content (AvgIpc) is 3.95. The van der Waals surface area contributed by atoms with Crippen molar-refractivity contribution in [3.8, 4) is 51.0 Å². The summed E-state index contributed by atoms with van der Waals surface area (Å²) in [4.78, 5) is 15.5. The summed E-state index contributed by atoms with van der Waals surface area (Å²) >= 11 is 1.79. The summed E-state index contributed by atoms with van der Waals surface area (Å²) in [6.07, 6.45) is 0. The highest BCUT2D eigenvalue weighted by atomic mass is 32.1. The Morgan fingerprint density at radius 2 is 1.02 bits per heavy atom. The highest BCUT2D eigenvalue weighted by molar-refractivity contribution is 7.25. The molecule has 0 aliphatic heterocycles. The van der Waals surface area contributed by atoms with Gasteiger partial charge in [0.2, 0.25) is 0 Å². The van der Waals surface area contributed by atoms with Crippen molar-refractivity contribution in [1.29, 1.82) is 0 Å². The summed E-state index contributed by atoms with van der Waals surface area (Å²) in [6.45, 7) is 0. The number of hydrogen-bond donors (Lipinski definition) is 0. The van der Waals surface area contributed by atoms with Gasteiger partial charge in [-0.15, -0.1) is 11.3 Å². The van der Waals surface area contributed by atoms with Crippen LogP contribution in [0, 0.1) is 0 Å². The molecule has 4 aromatic heterocycles. The number of nitrogens with zero attached hydrogens (tertiary/aromatic N) is 4. The zero-order valence-corrected chi connectivity index (χ0v) is 31.2. The van der Waals surface area contributed by atoms with Gasteiger partial charge in [-0.2, -0.15) is 0 Å². The highest BCUT2D eigenvalue weighted by Crippen LogP contribution is 2.43. The van der Waals surface area contributed by atoms with E-state index >= 15 is 0 Å². The molecule has 12 rings (SSSR count). The molecule has 0 amide bonds. The molecule has 0 aliphatic carbocycles. The maximum Gasteiger partial charge on any atom is 0.164 e. The minimum Gasteiger partial charge on any atom is -0.456 e. The van der Waals surface area contributed by atoms with E-state index in [1.54, 1.807) is 11.3 Å². The second-order valence-electron chi connectivity index (χ2n) is 14.4. The zero-order chi connectivity index (χ0) is 37.5. The Balaban J connectivity index is 1.10. The zero-order valence-electron chi connectivity index (χ0n) is 30.4. The molecule has 0 fully saturated rings. The van der Waals surface area contributed by atoms with E-state index in [1.807, 2.05) is 42.5 Å². The third kappa shape index (κ3) is 5.12. The Morgan fingerprint density at radius 3 is 1.86 bits per heavy atom. The predicted octanol–water partition coefficient (Wildman–Crippen LogP) is 13.9. The van der Waals surface area contributed by atoms with Crippen LogP contribution in [0.1, 0.15) is 0 Å². The molecule has 0 radical (unpaired) electrons. The van der Waals surface area contributed by atoms with Gasteiger partial charge in [-0.3, -0.25) is 0 Å². The van der Waals surface area contributed by atoms with Crippen molar-refractivity contribution in [3.63, 3.8) is 0 Å². The van der Waals surface area contributed by atoms with E-state index in [2.05, 4.69) is 144 Å². The lowest BCUT2D eigenvalue weighted by molar-refractivity contribution is 0.669. The molecule has 5 nitrogen and oxygen atoms in total. The number of para-hydroxylation sites is 3. The molecule has 0 spiro atoms. The van der Waals surface area contributed by atoms with Gasteiger partial charge in [-0.25, -0.2) is 15.0 Å². The van der Waals surface area contributed by atoms with Gasteiger partial charge >= 0.3 is 0 Å². The van der Waals surface area contributed by atoms with Crippen LogP contribution in [0.3, 0.4) is 0 Å². The summed E-state index contributed by atoms with van der Waals surface area (Å²) < 4.78 is 11.4. The van der Waals surface area contributed by atoms with E-state index in [-0.39, 0.29) is 0 Å². The van der Waals surface area contributed by atoms with Gasteiger partial charge in [0.05, 0.1) is 11.0 Å². The van der Waals surface area contributed by atoms with Crippen LogP contribution in [0.5, 0.6) is 0 Å². The Labute approximate surface area is 330 Å². The molecule has 0 N–H and O–H groups in total. The quantitative estimate of drug-likeness (QED) is 0.176. The molecule has 0 aliphatic rings. The highest BCUT2D eigenvalue weighted by Gasteiger charge is 2.20. The third-order valence-electron chi connectivity index (χ3n) is 11.0. The minimum atomic E-state index is 0.584. The lowest BCUT2D eigenvalue weighted by atomic mass is 9.95. The van der Waals surface area contributed by atoms with Crippen LogP contribution in [0.2, 0.25) is 0 Å². The molecule has 0 bridgehead atoms. The standard InChI is InChI=1S/C51H30N4OS/c1-3-13-31(14-4-1)49-52-50(33-23-25-38-37-18-9-12-22-46(37)57-47(38)30-33)54-51(53-49)34-28-40(48-39-19-8-11-21-44(39)56-45(48)29-34)32-24-26-43-41(27-32)36-17-7-10-20-42(36)55(43)35-15-5-2-6-16-35/h1-30H. The summed E-state index contributed by atoms with van der Waals surface area (Å²) in [5.74, 6) is 1.83. The molecular weight excluding hydrogens is 717 g/mol. The van der Waals surface area contributed by atoms with Gasteiger partial charge in [0.15, 0.2) is 17.5 Å². The van der Waals surface area contributed by atoms with E-state index in [9.17, 15) is 0 Å². The van der Waals surface area contributed by atoms with E-state index in [0.29, 0.717) is 17.5 Å². The molecule has 12 aromatic rings.